The molecule has 1 unspecified atom stereocenters. The first-order valence-electron chi connectivity index (χ1n) is 14.0. The molecular formula is C36H25NO4S. The molecule has 0 saturated carbocycles. The van der Waals surface area contributed by atoms with Crippen LogP contribution in [0.25, 0.3) is 21.9 Å². The lowest BCUT2D eigenvalue weighted by molar-refractivity contribution is 0.103. The maximum absolute atomic E-state index is 13.6. The molecule has 1 atom stereocenters. The number of para-hydroxylation sites is 4. The molecule has 5 aromatic carbocycles. The molecule has 204 valence electrons. The van der Waals surface area contributed by atoms with Gasteiger partial charge in [-0.25, -0.2) is 8.42 Å². The van der Waals surface area contributed by atoms with Crippen molar-refractivity contribution in [1.29, 1.82) is 0 Å². The fraction of sp³-hybridized carbons (Fsp3) is 0.0833. The van der Waals surface area contributed by atoms with E-state index in [1.807, 2.05) is 85.8 Å². The molecule has 0 fully saturated rings. The first kappa shape index (κ1) is 24.8. The van der Waals surface area contributed by atoms with Gasteiger partial charge in [-0.2, -0.15) is 0 Å². The Kier molecular flexibility index (Phi) is 5.34. The number of ketones is 1. The second-order valence-electron chi connectivity index (χ2n) is 10.9. The van der Waals surface area contributed by atoms with Crippen molar-refractivity contribution < 1.29 is 17.9 Å². The molecule has 2 heterocycles. The van der Waals surface area contributed by atoms with Gasteiger partial charge in [-0.1, -0.05) is 79.7 Å². The Bertz CT molecular complexity index is 2110. The zero-order chi connectivity index (χ0) is 28.6. The zero-order valence-corrected chi connectivity index (χ0v) is 23.6. The molecule has 0 radical (unpaired) electrons. The van der Waals surface area contributed by atoms with Crippen LogP contribution in [0.5, 0.6) is 11.5 Å². The zero-order valence-electron chi connectivity index (χ0n) is 22.7. The summed E-state index contributed by atoms with van der Waals surface area (Å²) in [6.07, 6.45) is 4.17. The predicted molar refractivity (Wildman–Crippen MR) is 166 cm³/mol. The van der Waals surface area contributed by atoms with Crippen molar-refractivity contribution in [1.82, 2.24) is 0 Å². The lowest BCUT2D eigenvalue weighted by atomic mass is 9.90. The maximum atomic E-state index is 13.6. The molecule has 0 amide bonds. The Balaban J connectivity index is 1.31. The molecule has 0 N–H and O–H groups in total. The minimum Gasteiger partial charge on any atom is -0.453 e. The molecule has 2 aliphatic heterocycles. The van der Waals surface area contributed by atoms with E-state index in [4.69, 9.17) is 4.74 Å². The van der Waals surface area contributed by atoms with Crippen LogP contribution in [0.4, 0.5) is 17.1 Å². The second kappa shape index (κ2) is 9.03. The van der Waals surface area contributed by atoms with Crippen molar-refractivity contribution >= 4 is 43.5 Å². The summed E-state index contributed by atoms with van der Waals surface area (Å²) in [6.45, 7) is 1.86. The van der Waals surface area contributed by atoms with Crippen molar-refractivity contribution in [3.05, 3.63) is 131 Å². The van der Waals surface area contributed by atoms with E-state index in [0.717, 1.165) is 50.5 Å². The summed E-state index contributed by atoms with van der Waals surface area (Å²) in [7, 11) is -3.76. The van der Waals surface area contributed by atoms with Crippen LogP contribution in [0.15, 0.2) is 131 Å². The number of ether oxygens (including phenoxy) is 1. The number of hydrogen-bond acceptors (Lipinski definition) is 5. The largest absolute Gasteiger partial charge is 0.453 e. The van der Waals surface area contributed by atoms with Gasteiger partial charge < -0.3 is 9.64 Å². The fourth-order valence-corrected chi connectivity index (χ4v) is 8.52. The number of fused-ring (bicyclic) bond motifs is 4. The van der Waals surface area contributed by atoms with E-state index in [1.165, 1.54) is 0 Å². The summed E-state index contributed by atoms with van der Waals surface area (Å²) in [6, 6.07) is 33.4. The molecule has 3 aliphatic rings. The summed E-state index contributed by atoms with van der Waals surface area (Å²) in [5, 5.41) is 2.01. The first-order valence-corrected chi connectivity index (χ1v) is 15.4. The molecule has 5 nitrogen and oxygen atoms in total. The van der Waals surface area contributed by atoms with Gasteiger partial charge >= 0.3 is 0 Å². The highest BCUT2D eigenvalue weighted by atomic mass is 32.2. The van der Waals surface area contributed by atoms with Crippen LogP contribution in [0, 0.1) is 5.92 Å². The highest BCUT2D eigenvalue weighted by Crippen LogP contribution is 2.52. The highest BCUT2D eigenvalue weighted by Gasteiger charge is 2.39. The number of carbonyl (C=O) groups is 1. The third-order valence-electron chi connectivity index (χ3n) is 8.42. The van der Waals surface area contributed by atoms with Crippen molar-refractivity contribution in [2.24, 2.45) is 5.92 Å². The second-order valence-corrected chi connectivity index (χ2v) is 12.8. The van der Waals surface area contributed by atoms with Crippen molar-refractivity contribution in [2.75, 3.05) is 4.90 Å². The predicted octanol–water partition coefficient (Wildman–Crippen LogP) is 8.90. The third-order valence-corrected chi connectivity index (χ3v) is 10.6. The first-order chi connectivity index (χ1) is 20.4. The number of hydrogen-bond donors (Lipinski definition) is 0. The molecule has 0 saturated heterocycles. The molecule has 0 spiro atoms. The Morgan fingerprint density at radius 3 is 2.17 bits per heavy atom. The number of allylic oxidation sites excluding steroid dienone is 4. The SMILES string of the molecule is CC1CC=CC2=C1S(=O)(=O)c1ccc(-c3cccc4c(N5c6ccccc6Oc6ccccc65)cccc34)cc1C2=O. The van der Waals surface area contributed by atoms with E-state index in [9.17, 15) is 13.2 Å². The number of carbonyl (C=O) groups excluding carboxylic acids is 1. The van der Waals surface area contributed by atoms with Crippen LogP contribution in [-0.4, -0.2) is 14.2 Å². The summed E-state index contributed by atoms with van der Waals surface area (Å²) >= 11 is 0. The van der Waals surface area contributed by atoms with Gasteiger partial charge in [0.15, 0.2) is 17.3 Å². The number of rotatable bonds is 2. The van der Waals surface area contributed by atoms with Crippen molar-refractivity contribution in [3.8, 4) is 22.6 Å². The van der Waals surface area contributed by atoms with Gasteiger partial charge in [-0.3, -0.25) is 4.79 Å². The Morgan fingerprint density at radius 2 is 1.40 bits per heavy atom. The van der Waals surface area contributed by atoms with Gasteiger partial charge in [0.1, 0.15) is 0 Å². The molecule has 0 aromatic heterocycles. The lowest BCUT2D eigenvalue weighted by Crippen LogP contribution is -2.26. The molecule has 8 rings (SSSR count). The van der Waals surface area contributed by atoms with E-state index >= 15 is 0 Å². The lowest BCUT2D eigenvalue weighted by Gasteiger charge is -2.33. The van der Waals surface area contributed by atoms with Gasteiger partial charge in [0.2, 0.25) is 9.84 Å². The van der Waals surface area contributed by atoms with Crippen molar-refractivity contribution in [3.63, 3.8) is 0 Å². The molecule has 0 bridgehead atoms. The monoisotopic (exact) mass is 567 g/mol. The molecule has 6 heteroatoms. The minimum absolute atomic E-state index is 0.0969. The van der Waals surface area contributed by atoms with Gasteiger partial charge in [-0.05, 0) is 71.3 Å². The topological polar surface area (TPSA) is 63.7 Å². The Labute approximate surface area is 243 Å². The number of Topliss-reactive ketones (excluding diaryl/α,β-unsaturated/α-hetero) is 1. The Morgan fingerprint density at radius 1 is 0.738 bits per heavy atom. The fourth-order valence-electron chi connectivity index (χ4n) is 6.52. The van der Waals surface area contributed by atoms with Gasteiger partial charge in [0.05, 0.1) is 26.9 Å². The normalized spacial score (nSPS) is 18.2. The number of anilines is 3. The van der Waals surface area contributed by atoms with Crippen LogP contribution in [0.2, 0.25) is 0 Å². The molecule has 1 aliphatic carbocycles. The average molecular weight is 568 g/mol. The van der Waals surface area contributed by atoms with E-state index in [2.05, 4.69) is 23.1 Å². The Hall–Kier alpha value is -4.94. The molecular weight excluding hydrogens is 542 g/mol. The summed E-state index contributed by atoms with van der Waals surface area (Å²) in [5.74, 6) is 1.10. The third kappa shape index (κ3) is 3.48. The summed E-state index contributed by atoms with van der Waals surface area (Å²) in [5.41, 5.74) is 5.11. The van der Waals surface area contributed by atoms with Gasteiger partial charge in [0, 0.05) is 16.5 Å². The highest BCUT2D eigenvalue weighted by molar-refractivity contribution is 7.95. The van der Waals surface area contributed by atoms with Gasteiger partial charge in [0.25, 0.3) is 0 Å². The van der Waals surface area contributed by atoms with Crippen LogP contribution in [0.1, 0.15) is 23.7 Å². The van der Waals surface area contributed by atoms with E-state index in [1.54, 1.807) is 18.2 Å². The standard InChI is InChI=1S/C36H25NO4S/c1-22-9-6-13-27-35(38)28-21-23(19-20-34(28)42(39,40)36(22)27)24-10-7-12-26-25(24)11-8-16-29(26)37-30-14-2-4-17-32(30)41-33-18-5-3-15-31(33)37/h2-8,10-22H,9H2,1H3. The number of benzene rings is 5. The van der Waals surface area contributed by atoms with Crippen LogP contribution in [0.3, 0.4) is 0 Å². The van der Waals surface area contributed by atoms with E-state index < -0.39 is 9.84 Å². The van der Waals surface area contributed by atoms with E-state index in [0.29, 0.717) is 12.0 Å². The summed E-state index contributed by atoms with van der Waals surface area (Å²) < 4.78 is 33.5. The quantitative estimate of drug-likeness (QED) is 0.209. The van der Waals surface area contributed by atoms with Crippen LogP contribution < -0.4 is 9.64 Å². The molecule has 42 heavy (non-hydrogen) atoms. The average Bonchev–Trinajstić information content (AvgIpc) is 3.01. The van der Waals surface area contributed by atoms with Crippen molar-refractivity contribution in [2.45, 2.75) is 18.2 Å². The van der Waals surface area contributed by atoms with Crippen LogP contribution in [-0.2, 0) is 9.84 Å². The maximum Gasteiger partial charge on any atom is 0.204 e. The molecule has 5 aromatic rings. The minimum atomic E-state index is -3.76. The van der Waals surface area contributed by atoms with Gasteiger partial charge in [-0.15, -0.1) is 0 Å². The van der Waals surface area contributed by atoms with Crippen LogP contribution >= 0.6 is 0 Å². The number of sulfone groups is 1. The number of nitrogens with zero attached hydrogens (tertiary/aromatic N) is 1. The van der Waals surface area contributed by atoms with E-state index in [-0.39, 0.29) is 27.1 Å². The smallest absolute Gasteiger partial charge is 0.204 e. The summed E-state index contributed by atoms with van der Waals surface area (Å²) in [4.78, 5) is 16.2.